The van der Waals surface area contributed by atoms with Crippen LogP contribution in [0.3, 0.4) is 0 Å². The molecule has 1 aliphatic rings. The van der Waals surface area contributed by atoms with E-state index in [1.54, 1.807) is 0 Å². The summed E-state index contributed by atoms with van der Waals surface area (Å²) in [5.74, 6) is 0.0798. The second-order valence-corrected chi connectivity index (χ2v) is 4.08. The second-order valence-electron chi connectivity index (χ2n) is 3.64. The molecule has 1 amide bonds. The van der Waals surface area contributed by atoms with Gasteiger partial charge in [-0.05, 0) is 30.7 Å². The van der Waals surface area contributed by atoms with Crippen molar-refractivity contribution in [2.75, 3.05) is 6.54 Å². The van der Waals surface area contributed by atoms with Crippen molar-refractivity contribution in [1.82, 2.24) is 10.6 Å². The molecule has 0 unspecified atom stereocenters. The molecule has 1 aromatic rings. The summed E-state index contributed by atoms with van der Waals surface area (Å²) in [6.07, 6.45) is 0.937. The predicted octanol–water partition coefficient (Wildman–Crippen LogP) is 1.32. The molecule has 4 heteroatoms. The third-order valence-electron chi connectivity index (χ3n) is 2.52. The molecule has 1 fully saturated rings. The Bertz CT molecular complexity index is 346. The zero-order valence-electron chi connectivity index (χ0n) is 8.29. The molecule has 0 aromatic heterocycles. The molecule has 1 saturated heterocycles. The van der Waals surface area contributed by atoms with Gasteiger partial charge in [-0.3, -0.25) is 4.79 Å². The summed E-state index contributed by atoms with van der Waals surface area (Å²) < 4.78 is 0. The lowest BCUT2D eigenvalue weighted by atomic mass is 10.1. The van der Waals surface area contributed by atoms with Gasteiger partial charge in [0.25, 0.3) is 0 Å². The first kappa shape index (κ1) is 10.5. The number of nitrogens with one attached hydrogen (secondary N) is 2. The van der Waals surface area contributed by atoms with Crippen LogP contribution < -0.4 is 10.6 Å². The molecule has 0 bridgehead atoms. The highest BCUT2D eigenvalue weighted by atomic mass is 35.5. The quantitative estimate of drug-likeness (QED) is 0.813. The zero-order chi connectivity index (χ0) is 10.7. The van der Waals surface area contributed by atoms with Gasteiger partial charge in [-0.1, -0.05) is 23.7 Å². The Morgan fingerprint density at radius 3 is 2.67 bits per heavy atom. The van der Waals surface area contributed by atoms with Crippen molar-refractivity contribution < 1.29 is 4.79 Å². The number of rotatable bonds is 3. The summed E-state index contributed by atoms with van der Waals surface area (Å²) in [4.78, 5) is 11.5. The van der Waals surface area contributed by atoms with Crippen LogP contribution >= 0.6 is 11.6 Å². The van der Waals surface area contributed by atoms with Crippen LogP contribution in [-0.2, 0) is 11.3 Å². The van der Waals surface area contributed by atoms with Crippen LogP contribution in [0.4, 0.5) is 0 Å². The van der Waals surface area contributed by atoms with Crippen LogP contribution in [0.25, 0.3) is 0 Å². The predicted molar refractivity (Wildman–Crippen MR) is 59.7 cm³/mol. The summed E-state index contributed by atoms with van der Waals surface area (Å²) in [6, 6.07) is 7.49. The fourth-order valence-corrected chi connectivity index (χ4v) is 1.55. The highest BCUT2D eigenvalue weighted by Gasteiger charge is 2.23. The van der Waals surface area contributed by atoms with Crippen LogP contribution in [0, 0.1) is 0 Å². The highest BCUT2D eigenvalue weighted by Crippen LogP contribution is 2.09. The minimum Gasteiger partial charge on any atom is -0.351 e. The first-order valence-corrected chi connectivity index (χ1v) is 5.39. The maximum Gasteiger partial charge on any atom is 0.237 e. The monoisotopic (exact) mass is 224 g/mol. The number of hydrogen-bond acceptors (Lipinski definition) is 2. The number of hydrogen-bond donors (Lipinski definition) is 2. The second kappa shape index (κ2) is 4.64. The fraction of sp³-hybridized carbons (Fsp3) is 0.364. The van der Waals surface area contributed by atoms with Crippen molar-refractivity contribution in [1.29, 1.82) is 0 Å². The van der Waals surface area contributed by atoms with E-state index in [2.05, 4.69) is 10.6 Å². The lowest BCUT2D eigenvalue weighted by Crippen LogP contribution is -2.52. The zero-order valence-corrected chi connectivity index (χ0v) is 9.05. The molecule has 1 heterocycles. The summed E-state index contributed by atoms with van der Waals surface area (Å²) in [5.41, 5.74) is 1.06. The number of amides is 1. The molecule has 2 N–H and O–H groups in total. The first-order chi connectivity index (χ1) is 7.25. The Hall–Kier alpha value is -1.06. The molecule has 0 radical (unpaired) electrons. The number of carbonyl (C=O) groups excluding carboxylic acids is 1. The largest absolute Gasteiger partial charge is 0.351 e. The molecular weight excluding hydrogens is 212 g/mol. The number of carbonyl (C=O) groups is 1. The Kier molecular flexibility index (Phi) is 3.23. The van der Waals surface area contributed by atoms with E-state index in [0.717, 1.165) is 18.5 Å². The van der Waals surface area contributed by atoms with E-state index in [1.807, 2.05) is 24.3 Å². The molecule has 3 nitrogen and oxygen atoms in total. The SMILES string of the molecule is O=C(NCc1ccc(Cl)cc1)[C@H]1CCN1. The molecule has 0 aliphatic carbocycles. The van der Waals surface area contributed by atoms with Gasteiger partial charge >= 0.3 is 0 Å². The Morgan fingerprint density at radius 2 is 2.13 bits per heavy atom. The van der Waals surface area contributed by atoms with E-state index in [4.69, 9.17) is 11.6 Å². The molecule has 1 atom stereocenters. The van der Waals surface area contributed by atoms with E-state index in [1.165, 1.54) is 0 Å². The number of benzene rings is 1. The van der Waals surface area contributed by atoms with Crippen LogP contribution in [0.2, 0.25) is 5.02 Å². The Balaban J connectivity index is 1.82. The van der Waals surface area contributed by atoms with Gasteiger partial charge in [-0.2, -0.15) is 0 Å². The van der Waals surface area contributed by atoms with Gasteiger partial charge in [0, 0.05) is 11.6 Å². The molecule has 0 saturated carbocycles. The van der Waals surface area contributed by atoms with Gasteiger partial charge in [0.2, 0.25) is 5.91 Å². The van der Waals surface area contributed by atoms with Crippen LogP contribution in [0.1, 0.15) is 12.0 Å². The average molecular weight is 225 g/mol. The summed E-state index contributed by atoms with van der Waals surface area (Å²) in [5, 5.41) is 6.65. The average Bonchev–Trinajstić information content (AvgIpc) is 2.14. The normalized spacial score (nSPS) is 19.4. The number of halogens is 1. The van der Waals surface area contributed by atoms with E-state index in [9.17, 15) is 4.79 Å². The maximum absolute atomic E-state index is 11.5. The molecule has 2 rings (SSSR count). The molecular formula is C11H13ClN2O. The van der Waals surface area contributed by atoms with Crippen LogP contribution in [0.15, 0.2) is 24.3 Å². The summed E-state index contributed by atoms with van der Waals surface area (Å²) >= 11 is 5.76. The minimum atomic E-state index is 0.0114. The van der Waals surface area contributed by atoms with Crippen molar-refractivity contribution in [2.24, 2.45) is 0 Å². The Morgan fingerprint density at radius 1 is 1.47 bits per heavy atom. The molecule has 15 heavy (non-hydrogen) atoms. The summed E-state index contributed by atoms with van der Waals surface area (Å²) in [6.45, 7) is 1.51. The van der Waals surface area contributed by atoms with Gasteiger partial charge in [0.05, 0.1) is 6.04 Å². The van der Waals surface area contributed by atoms with Crippen molar-refractivity contribution in [3.05, 3.63) is 34.9 Å². The third-order valence-corrected chi connectivity index (χ3v) is 2.77. The smallest absolute Gasteiger partial charge is 0.237 e. The molecule has 1 aliphatic heterocycles. The maximum atomic E-state index is 11.5. The van der Waals surface area contributed by atoms with Gasteiger partial charge in [-0.25, -0.2) is 0 Å². The molecule has 80 valence electrons. The lowest BCUT2D eigenvalue weighted by Gasteiger charge is -2.26. The van der Waals surface area contributed by atoms with Crippen molar-refractivity contribution in [3.63, 3.8) is 0 Å². The van der Waals surface area contributed by atoms with E-state index < -0.39 is 0 Å². The van der Waals surface area contributed by atoms with Crippen molar-refractivity contribution in [2.45, 2.75) is 19.0 Å². The van der Waals surface area contributed by atoms with Crippen LogP contribution in [0.5, 0.6) is 0 Å². The lowest BCUT2D eigenvalue weighted by molar-refractivity contribution is -0.124. The van der Waals surface area contributed by atoms with Crippen LogP contribution in [-0.4, -0.2) is 18.5 Å². The minimum absolute atomic E-state index is 0.0114. The molecule has 0 spiro atoms. The topological polar surface area (TPSA) is 41.1 Å². The third kappa shape index (κ3) is 2.70. The van der Waals surface area contributed by atoms with E-state index >= 15 is 0 Å². The fourth-order valence-electron chi connectivity index (χ4n) is 1.43. The summed E-state index contributed by atoms with van der Waals surface area (Å²) in [7, 11) is 0. The van der Waals surface area contributed by atoms with Gasteiger partial charge in [0.1, 0.15) is 0 Å². The van der Waals surface area contributed by atoms with E-state index in [0.29, 0.717) is 11.6 Å². The van der Waals surface area contributed by atoms with Gasteiger partial charge in [-0.15, -0.1) is 0 Å². The van der Waals surface area contributed by atoms with E-state index in [-0.39, 0.29) is 11.9 Å². The van der Waals surface area contributed by atoms with Gasteiger partial charge in [0.15, 0.2) is 0 Å². The molecule has 1 aromatic carbocycles. The first-order valence-electron chi connectivity index (χ1n) is 5.01. The van der Waals surface area contributed by atoms with Gasteiger partial charge < -0.3 is 10.6 Å². The highest BCUT2D eigenvalue weighted by molar-refractivity contribution is 6.30. The standard InChI is InChI=1S/C11H13ClN2O/c12-9-3-1-8(2-4-9)7-14-11(15)10-5-6-13-10/h1-4,10,13H,5-7H2,(H,14,15)/t10-/m1/s1. The van der Waals surface area contributed by atoms with Crippen molar-refractivity contribution in [3.8, 4) is 0 Å². The van der Waals surface area contributed by atoms with Crippen molar-refractivity contribution >= 4 is 17.5 Å². The Labute approximate surface area is 93.8 Å².